The van der Waals surface area contributed by atoms with Gasteiger partial charge in [-0.05, 0) is 36.8 Å². The van der Waals surface area contributed by atoms with Crippen LogP contribution in [0, 0.1) is 6.92 Å². The number of aliphatic imine (C=N–C) groups is 1. The van der Waals surface area contributed by atoms with E-state index >= 15 is 0 Å². The Balaban J connectivity index is 1.88. The SMILES string of the molecule is Cc1ccc(C2=NC(Cc3ccccc3Cl)C(=O)N(C)c3ccc(Cl)cc32)cc1. The molecule has 0 fully saturated rings. The van der Waals surface area contributed by atoms with Crippen molar-refractivity contribution in [3.63, 3.8) is 0 Å². The minimum atomic E-state index is -0.581. The molecule has 1 aliphatic rings. The van der Waals surface area contributed by atoms with E-state index in [4.69, 9.17) is 28.2 Å². The zero-order chi connectivity index (χ0) is 20.5. The summed E-state index contributed by atoms with van der Waals surface area (Å²) in [7, 11) is 1.78. The van der Waals surface area contributed by atoms with Crippen LogP contribution in [0.2, 0.25) is 10.0 Å². The summed E-state index contributed by atoms with van der Waals surface area (Å²) in [5.41, 5.74) is 5.41. The Bertz CT molecular complexity index is 1110. The fraction of sp³-hybridized carbons (Fsp3) is 0.167. The van der Waals surface area contributed by atoms with Crippen molar-refractivity contribution in [1.82, 2.24) is 0 Å². The highest BCUT2D eigenvalue weighted by Gasteiger charge is 2.30. The van der Waals surface area contributed by atoms with Gasteiger partial charge in [-0.3, -0.25) is 9.79 Å². The molecule has 29 heavy (non-hydrogen) atoms. The highest BCUT2D eigenvalue weighted by atomic mass is 35.5. The third-order valence-corrected chi connectivity index (χ3v) is 5.78. The summed E-state index contributed by atoms with van der Waals surface area (Å²) in [5, 5.41) is 1.24. The lowest BCUT2D eigenvalue weighted by Crippen LogP contribution is -2.36. The second-order valence-corrected chi connectivity index (χ2v) is 8.06. The lowest BCUT2D eigenvalue weighted by molar-refractivity contribution is -0.119. The molecule has 1 aliphatic heterocycles. The van der Waals surface area contributed by atoms with Gasteiger partial charge in [0.25, 0.3) is 5.91 Å². The molecule has 3 aromatic carbocycles. The van der Waals surface area contributed by atoms with Gasteiger partial charge < -0.3 is 4.90 Å². The molecule has 3 aromatic rings. The van der Waals surface area contributed by atoms with Crippen LogP contribution in [0.5, 0.6) is 0 Å². The molecule has 0 N–H and O–H groups in total. The Hall–Kier alpha value is -2.62. The van der Waals surface area contributed by atoms with Crippen LogP contribution < -0.4 is 4.90 Å². The van der Waals surface area contributed by atoms with E-state index in [1.54, 1.807) is 18.0 Å². The molecule has 1 unspecified atom stereocenters. The molecule has 0 aliphatic carbocycles. The van der Waals surface area contributed by atoms with Gasteiger partial charge in [-0.25, -0.2) is 0 Å². The van der Waals surface area contributed by atoms with Crippen LogP contribution in [0.4, 0.5) is 5.69 Å². The molecule has 1 atom stereocenters. The molecule has 0 aromatic heterocycles. The largest absolute Gasteiger partial charge is 0.313 e. The van der Waals surface area contributed by atoms with E-state index < -0.39 is 6.04 Å². The number of nitrogens with zero attached hydrogens (tertiary/aromatic N) is 2. The van der Waals surface area contributed by atoms with Crippen molar-refractivity contribution in [2.75, 3.05) is 11.9 Å². The van der Waals surface area contributed by atoms with E-state index in [0.29, 0.717) is 16.5 Å². The summed E-state index contributed by atoms with van der Waals surface area (Å²) in [4.78, 5) is 19.9. The van der Waals surface area contributed by atoms with Crippen molar-refractivity contribution in [1.29, 1.82) is 0 Å². The third-order valence-electron chi connectivity index (χ3n) is 5.17. The van der Waals surface area contributed by atoms with Crippen molar-refractivity contribution >= 4 is 40.5 Å². The minimum Gasteiger partial charge on any atom is -0.313 e. The molecule has 0 spiro atoms. The van der Waals surface area contributed by atoms with E-state index in [1.807, 2.05) is 67.6 Å². The number of hydrogen-bond acceptors (Lipinski definition) is 2. The summed E-state index contributed by atoms with van der Waals surface area (Å²) in [6.07, 6.45) is 0.430. The quantitative estimate of drug-likeness (QED) is 0.530. The molecule has 0 saturated heterocycles. The Morgan fingerprint density at radius 1 is 1.00 bits per heavy atom. The van der Waals surface area contributed by atoms with E-state index in [2.05, 4.69) is 0 Å². The molecule has 1 amide bonds. The van der Waals surface area contributed by atoms with Crippen LogP contribution in [0.15, 0.2) is 71.7 Å². The third kappa shape index (κ3) is 3.93. The number of anilines is 1. The summed E-state index contributed by atoms with van der Waals surface area (Å²) in [5.74, 6) is -0.0735. The zero-order valence-electron chi connectivity index (χ0n) is 16.2. The van der Waals surface area contributed by atoms with Crippen molar-refractivity contribution < 1.29 is 4.79 Å². The van der Waals surface area contributed by atoms with Crippen LogP contribution in [-0.4, -0.2) is 24.7 Å². The Morgan fingerprint density at radius 3 is 2.45 bits per heavy atom. The minimum absolute atomic E-state index is 0.0735. The Kier molecular flexibility index (Phi) is 5.44. The van der Waals surface area contributed by atoms with Gasteiger partial charge in [0, 0.05) is 34.6 Å². The van der Waals surface area contributed by atoms with Gasteiger partial charge in [0.05, 0.1) is 11.4 Å². The first kappa shape index (κ1) is 19.7. The summed E-state index contributed by atoms with van der Waals surface area (Å²) < 4.78 is 0. The lowest BCUT2D eigenvalue weighted by Gasteiger charge is -2.20. The van der Waals surface area contributed by atoms with Crippen molar-refractivity contribution in [2.45, 2.75) is 19.4 Å². The second kappa shape index (κ2) is 8.02. The van der Waals surface area contributed by atoms with Crippen LogP contribution in [0.3, 0.4) is 0 Å². The van der Waals surface area contributed by atoms with Crippen LogP contribution in [0.1, 0.15) is 22.3 Å². The maximum Gasteiger partial charge on any atom is 0.251 e. The first-order valence-corrected chi connectivity index (χ1v) is 10.2. The summed E-state index contributed by atoms with van der Waals surface area (Å²) >= 11 is 12.7. The van der Waals surface area contributed by atoms with E-state index in [0.717, 1.165) is 33.7 Å². The van der Waals surface area contributed by atoms with Crippen molar-refractivity contribution in [3.8, 4) is 0 Å². The summed E-state index contributed by atoms with van der Waals surface area (Å²) in [6.45, 7) is 2.04. The number of carbonyl (C=O) groups is 1. The molecular weight excluding hydrogens is 403 g/mol. The van der Waals surface area contributed by atoms with Gasteiger partial charge >= 0.3 is 0 Å². The number of aryl methyl sites for hydroxylation is 1. The van der Waals surface area contributed by atoms with Crippen LogP contribution in [0.25, 0.3) is 0 Å². The van der Waals surface area contributed by atoms with Gasteiger partial charge in [0.1, 0.15) is 6.04 Å². The van der Waals surface area contributed by atoms with Gasteiger partial charge in [-0.2, -0.15) is 0 Å². The van der Waals surface area contributed by atoms with Gasteiger partial charge in [-0.15, -0.1) is 0 Å². The Labute approximate surface area is 180 Å². The highest BCUT2D eigenvalue weighted by molar-refractivity contribution is 6.32. The van der Waals surface area contributed by atoms with Crippen LogP contribution >= 0.6 is 23.2 Å². The molecule has 3 nitrogen and oxygen atoms in total. The van der Waals surface area contributed by atoms with Crippen LogP contribution in [-0.2, 0) is 11.2 Å². The standard InChI is InChI=1S/C24H20Cl2N2O/c1-15-7-9-16(10-8-15)23-19-14-18(25)11-12-22(19)28(2)24(29)21(27-23)13-17-5-3-4-6-20(17)26/h3-12,14,21H,13H2,1-2H3. The lowest BCUT2D eigenvalue weighted by atomic mass is 9.99. The maximum absolute atomic E-state index is 13.3. The first-order chi connectivity index (χ1) is 13.9. The first-order valence-electron chi connectivity index (χ1n) is 9.40. The predicted molar refractivity (Wildman–Crippen MR) is 121 cm³/mol. The molecule has 5 heteroatoms. The molecule has 0 bridgehead atoms. The fourth-order valence-corrected chi connectivity index (χ4v) is 3.94. The van der Waals surface area contributed by atoms with E-state index in [1.165, 1.54) is 0 Å². The van der Waals surface area contributed by atoms with E-state index in [-0.39, 0.29) is 5.91 Å². The average Bonchev–Trinajstić information content (AvgIpc) is 2.81. The number of halogens is 2. The Morgan fingerprint density at radius 2 is 1.72 bits per heavy atom. The molecule has 0 saturated carbocycles. The fourth-order valence-electron chi connectivity index (χ4n) is 3.56. The molecule has 4 rings (SSSR count). The number of fused-ring (bicyclic) bond motifs is 1. The number of amides is 1. The number of rotatable bonds is 3. The van der Waals surface area contributed by atoms with Crippen molar-refractivity contribution in [3.05, 3.63) is 99.0 Å². The van der Waals surface area contributed by atoms with Gasteiger partial charge in [-0.1, -0.05) is 71.2 Å². The topological polar surface area (TPSA) is 32.7 Å². The van der Waals surface area contributed by atoms with E-state index in [9.17, 15) is 4.79 Å². The number of likely N-dealkylation sites (N-methyl/N-ethyl adjacent to an activating group) is 1. The predicted octanol–water partition coefficient (Wildman–Crippen LogP) is 5.73. The monoisotopic (exact) mass is 422 g/mol. The smallest absolute Gasteiger partial charge is 0.251 e. The number of benzodiazepines with no additional fused rings is 1. The number of hydrogen-bond donors (Lipinski definition) is 0. The normalized spacial score (nSPS) is 16.3. The molecular formula is C24H20Cl2N2O. The van der Waals surface area contributed by atoms with Gasteiger partial charge in [0.15, 0.2) is 0 Å². The molecule has 1 heterocycles. The zero-order valence-corrected chi connectivity index (χ0v) is 17.7. The maximum atomic E-state index is 13.3. The van der Waals surface area contributed by atoms with Crippen molar-refractivity contribution in [2.24, 2.45) is 4.99 Å². The number of benzene rings is 3. The summed E-state index contributed by atoms with van der Waals surface area (Å²) in [6, 6.07) is 20.7. The molecule has 0 radical (unpaired) electrons. The number of carbonyl (C=O) groups excluding carboxylic acids is 1. The average molecular weight is 423 g/mol. The molecule has 146 valence electrons. The van der Waals surface area contributed by atoms with Gasteiger partial charge in [0.2, 0.25) is 0 Å². The second-order valence-electron chi connectivity index (χ2n) is 7.21. The highest BCUT2D eigenvalue weighted by Crippen LogP contribution is 2.31.